The maximum Gasteiger partial charge on any atom is 0.183 e. The summed E-state index contributed by atoms with van der Waals surface area (Å²) in [5.74, 6) is -2.14. The zero-order chi connectivity index (χ0) is 18.1. The van der Waals surface area contributed by atoms with Gasteiger partial charge in [0.1, 0.15) is 11.7 Å². The predicted octanol–water partition coefficient (Wildman–Crippen LogP) is 3.06. The maximum absolute atomic E-state index is 14.8. The second-order valence-electron chi connectivity index (χ2n) is 6.01. The fraction of sp³-hybridized carbons (Fsp3) is 0.500. The van der Waals surface area contributed by atoms with Crippen molar-refractivity contribution in [2.45, 2.75) is 39.3 Å². The lowest BCUT2D eigenvalue weighted by atomic mass is 10.0. The lowest BCUT2D eigenvalue weighted by Crippen LogP contribution is -2.46. The van der Waals surface area contributed by atoms with E-state index in [-0.39, 0.29) is 39.0 Å². The molecule has 5 nitrogen and oxygen atoms in total. The van der Waals surface area contributed by atoms with Crippen LogP contribution < -0.4 is 4.90 Å². The molecule has 3 rings (SSSR count). The third-order valence-electron chi connectivity index (χ3n) is 3.98. The van der Waals surface area contributed by atoms with Crippen molar-refractivity contribution < 1.29 is 23.0 Å². The number of morpholine rings is 1. The number of aliphatic hydroxyl groups is 1. The molecule has 9 heteroatoms. The van der Waals surface area contributed by atoms with Crippen LogP contribution in [0.5, 0.6) is 0 Å². The van der Waals surface area contributed by atoms with Gasteiger partial charge in [-0.15, -0.1) is 10.2 Å². The summed E-state index contributed by atoms with van der Waals surface area (Å²) < 4.78 is 47.8. The van der Waals surface area contributed by atoms with Gasteiger partial charge in [-0.3, -0.25) is 0 Å². The molecule has 2 unspecified atom stereocenters. The molecule has 0 radical (unpaired) electrons. The molecule has 1 N–H and O–H groups in total. The zero-order valence-electron chi connectivity index (χ0n) is 13.8. The summed E-state index contributed by atoms with van der Waals surface area (Å²) in [4.78, 5) is 1.68. The summed E-state index contributed by atoms with van der Waals surface area (Å²) in [5.41, 5.74) is 0.144. The van der Waals surface area contributed by atoms with Crippen molar-refractivity contribution in [2.75, 3.05) is 18.0 Å². The highest BCUT2D eigenvalue weighted by atomic mass is 32.1. The summed E-state index contributed by atoms with van der Waals surface area (Å²) in [6.45, 7) is 3.19. The van der Waals surface area contributed by atoms with Crippen molar-refractivity contribution in [2.24, 2.45) is 0 Å². The molecule has 0 saturated carbocycles. The molecule has 1 aromatic carbocycles. The number of alkyl halides is 1. The standard InChI is InChI=1S/C16H18F3N3O2S/c1-8-5-22(6-9(2)24-8)15-10(7-23)3-11(13(18)14(15)19)16-21-20-12(4-17)25-16/h3,8-9,23H,4-7H2,1-2H3. The number of rotatable bonds is 4. The van der Waals surface area contributed by atoms with E-state index in [9.17, 15) is 18.3 Å². The Kier molecular flexibility index (Phi) is 5.26. The first-order valence-corrected chi connectivity index (χ1v) is 8.67. The molecule has 136 valence electrons. The van der Waals surface area contributed by atoms with Crippen LogP contribution in [0.1, 0.15) is 24.4 Å². The van der Waals surface area contributed by atoms with Crippen LogP contribution in [0.4, 0.5) is 18.9 Å². The number of hydrogen-bond donors (Lipinski definition) is 1. The third kappa shape index (κ3) is 3.49. The molecule has 1 saturated heterocycles. The van der Waals surface area contributed by atoms with Gasteiger partial charge < -0.3 is 14.7 Å². The normalized spacial score (nSPS) is 21.0. The van der Waals surface area contributed by atoms with E-state index < -0.39 is 24.9 Å². The van der Waals surface area contributed by atoms with Crippen molar-refractivity contribution in [1.29, 1.82) is 0 Å². The van der Waals surface area contributed by atoms with Gasteiger partial charge >= 0.3 is 0 Å². The van der Waals surface area contributed by atoms with Crippen molar-refractivity contribution in [3.8, 4) is 10.6 Å². The number of nitrogens with zero attached hydrogens (tertiary/aromatic N) is 3. The molecule has 1 aromatic heterocycles. The minimum atomic E-state index is -1.08. The number of aromatic nitrogens is 2. The predicted molar refractivity (Wildman–Crippen MR) is 88.2 cm³/mol. The lowest BCUT2D eigenvalue weighted by molar-refractivity contribution is -0.00553. The first-order valence-electron chi connectivity index (χ1n) is 7.85. The molecule has 2 heterocycles. The fourth-order valence-corrected chi connectivity index (χ4v) is 3.76. The van der Waals surface area contributed by atoms with Gasteiger partial charge in [-0.05, 0) is 19.9 Å². The Hall–Kier alpha value is -1.71. The van der Waals surface area contributed by atoms with Crippen molar-refractivity contribution in [3.05, 3.63) is 28.3 Å². The monoisotopic (exact) mass is 373 g/mol. The van der Waals surface area contributed by atoms with Crippen molar-refractivity contribution in [1.82, 2.24) is 10.2 Å². The molecule has 2 atom stereocenters. The second kappa shape index (κ2) is 7.27. The van der Waals surface area contributed by atoms with Crippen LogP contribution in [0, 0.1) is 11.6 Å². The van der Waals surface area contributed by atoms with E-state index in [1.165, 1.54) is 6.07 Å². The van der Waals surface area contributed by atoms with E-state index >= 15 is 0 Å². The molecule has 1 aliphatic rings. The van der Waals surface area contributed by atoms with Gasteiger partial charge in [0, 0.05) is 18.7 Å². The molecule has 0 bridgehead atoms. The van der Waals surface area contributed by atoms with Crippen LogP contribution in [-0.2, 0) is 18.0 Å². The smallest absolute Gasteiger partial charge is 0.183 e. The van der Waals surface area contributed by atoms with Crippen LogP contribution in [0.2, 0.25) is 0 Å². The second-order valence-corrected chi connectivity index (χ2v) is 7.08. The van der Waals surface area contributed by atoms with Crippen molar-refractivity contribution in [3.63, 3.8) is 0 Å². The van der Waals surface area contributed by atoms with Gasteiger partial charge in [0.25, 0.3) is 0 Å². The average Bonchev–Trinajstić information content (AvgIpc) is 3.05. The molecule has 0 aliphatic carbocycles. The number of halogens is 3. The summed E-state index contributed by atoms with van der Waals surface area (Å²) in [5, 5.41) is 17.1. The first kappa shape index (κ1) is 18.1. The summed E-state index contributed by atoms with van der Waals surface area (Å²) in [6, 6.07) is 1.35. The summed E-state index contributed by atoms with van der Waals surface area (Å²) in [6.07, 6.45) is -0.291. The molecule has 0 spiro atoms. The molecular weight excluding hydrogens is 355 g/mol. The number of anilines is 1. The van der Waals surface area contributed by atoms with Gasteiger partial charge in [-0.1, -0.05) is 11.3 Å². The maximum atomic E-state index is 14.8. The van der Waals surface area contributed by atoms with Gasteiger partial charge in [-0.25, -0.2) is 13.2 Å². The minimum absolute atomic E-state index is 0.0287. The van der Waals surface area contributed by atoms with E-state index in [1.54, 1.807) is 4.90 Å². The Morgan fingerprint density at radius 2 is 1.92 bits per heavy atom. The first-order chi connectivity index (χ1) is 11.9. The van der Waals surface area contributed by atoms with Crippen LogP contribution >= 0.6 is 11.3 Å². The van der Waals surface area contributed by atoms with Crippen LogP contribution in [-0.4, -0.2) is 40.6 Å². The summed E-state index contributed by atoms with van der Waals surface area (Å²) in [7, 11) is 0. The topological polar surface area (TPSA) is 58.5 Å². The van der Waals surface area contributed by atoms with E-state index in [0.717, 1.165) is 11.3 Å². The SMILES string of the molecule is CC1CN(c2c(CO)cc(-c3nnc(CF)s3)c(F)c2F)CC(C)O1. The molecule has 1 aliphatic heterocycles. The highest BCUT2D eigenvalue weighted by Crippen LogP contribution is 2.36. The van der Waals surface area contributed by atoms with Gasteiger partial charge in [0.05, 0.1) is 30.1 Å². The number of aliphatic hydroxyl groups excluding tert-OH is 1. The van der Waals surface area contributed by atoms with E-state index in [2.05, 4.69) is 10.2 Å². The van der Waals surface area contributed by atoms with Crippen LogP contribution in [0.15, 0.2) is 6.07 Å². The highest BCUT2D eigenvalue weighted by molar-refractivity contribution is 7.14. The van der Waals surface area contributed by atoms with Gasteiger partial charge in [-0.2, -0.15) is 0 Å². The minimum Gasteiger partial charge on any atom is -0.392 e. The largest absolute Gasteiger partial charge is 0.392 e. The Bertz CT molecular complexity index is 761. The molecule has 2 aromatic rings. The van der Waals surface area contributed by atoms with E-state index in [1.807, 2.05) is 13.8 Å². The Morgan fingerprint density at radius 1 is 1.24 bits per heavy atom. The van der Waals surface area contributed by atoms with Crippen LogP contribution in [0.25, 0.3) is 10.6 Å². The molecule has 1 fully saturated rings. The van der Waals surface area contributed by atoms with Gasteiger partial charge in [0.15, 0.2) is 16.6 Å². The van der Waals surface area contributed by atoms with Gasteiger partial charge in [0.2, 0.25) is 0 Å². The number of ether oxygens (including phenoxy) is 1. The Balaban J connectivity index is 2.07. The number of hydrogen-bond acceptors (Lipinski definition) is 6. The van der Waals surface area contributed by atoms with Crippen LogP contribution in [0.3, 0.4) is 0 Å². The lowest BCUT2D eigenvalue weighted by Gasteiger charge is -2.38. The fourth-order valence-electron chi connectivity index (χ4n) is 3.06. The third-order valence-corrected chi connectivity index (χ3v) is 4.90. The zero-order valence-corrected chi connectivity index (χ0v) is 14.6. The Labute approximate surface area is 147 Å². The molecule has 0 amide bonds. The number of benzene rings is 1. The van der Waals surface area contributed by atoms with E-state index in [4.69, 9.17) is 4.74 Å². The molecular formula is C16H18F3N3O2S. The molecule has 25 heavy (non-hydrogen) atoms. The summed E-state index contributed by atoms with van der Waals surface area (Å²) >= 11 is 0.851. The average molecular weight is 373 g/mol. The van der Waals surface area contributed by atoms with Crippen molar-refractivity contribution >= 4 is 17.0 Å². The quantitative estimate of drug-likeness (QED) is 0.893. The van der Waals surface area contributed by atoms with E-state index in [0.29, 0.717) is 13.1 Å². The Morgan fingerprint density at radius 3 is 2.48 bits per heavy atom. The highest BCUT2D eigenvalue weighted by Gasteiger charge is 2.29.